The fourth-order valence-electron chi connectivity index (χ4n) is 3.79. The standard InChI is InChI=1S/C18H22N2O2/c19-12-14-7-9-16(10-8-14)22-13-18(21)20-11-3-5-15-4-1-2-6-17(15)20/h7-10,15,17H,1-6,11,13H2/t15-,17-/m0/s1. The molecule has 3 rings (SSSR count). The lowest BCUT2D eigenvalue weighted by Crippen LogP contribution is -2.51. The van der Waals surface area contributed by atoms with Crippen LogP contribution >= 0.6 is 0 Å². The molecule has 1 heterocycles. The normalized spacial score (nSPS) is 24.2. The molecule has 0 N–H and O–H groups in total. The largest absolute Gasteiger partial charge is 0.484 e. The van der Waals surface area contributed by atoms with Gasteiger partial charge >= 0.3 is 0 Å². The van der Waals surface area contributed by atoms with Crippen LogP contribution in [0.4, 0.5) is 0 Å². The molecule has 1 aromatic carbocycles. The molecule has 1 saturated carbocycles. The second-order valence-electron chi connectivity index (χ2n) is 6.27. The van der Waals surface area contributed by atoms with E-state index in [1.54, 1.807) is 24.3 Å². The quantitative estimate of drug-likeness (QED) is 0.861. The Morgan fingerprint density at radius 1 is 1.18 bits per heavy atom. The molecule has 2 atom stereocenters. The number of nitrogens with zero attached hydrogens (tertiary/aromatic N) is 2. The Hall–Kier alpha value is -2.02. The molecule has 1 saturated heterocycles. The third-order valence-electron chi connectivity index (χ3n) is 4.91. The van der Waals surface area contributed by atoms with E-state index in [4.69, 9.17) is 10.00 Å². The van der Waals surface area contributed by atoms with Gasteiger partial charge in [-0.25, -0.2) is 0 Å². The van der Waals surface area contributed by atoms with Crippen LogP contribution in [0.1, 0.15) is 44.1 Å². The van der Waals surface area contributed by atoms with Crippen molar-refractivity contribution in [3.05, 3.63) is 29.8 Å². The lowest BCUT2D eigenvalue weighted by atomic mass is 9.78. The van der Waals surface area contributed by atoms with E-state index in [-0.39, 0.29) is 12.5 Å². The summed E-state index contributed by atoms with van der Waals surface area (Å²) < 4.78 is 5.60. The number of carbonyl (C=O) groups is 1. The Labute approximate surface area is 131 Å². The monoisotopic (exact) mass is 298 g/mol. The highest BCUT2D eigenvalue weighted by molar-refractivity contribution is 5.78. The molecule has 2 aliphatic rings. The lowest BCUT2D eigenvalue weighted by Gasteiger charge is -2.44. The lowest BCUT2D eigenvalue weighted by molar-refractivity contribution is -0.139. The van der Waals surface area contributed by atoms with Gasteiger partial charge < -0.3 is 9.64 Å². The zero-order chi connectivity index (χ0) is 15.4. The Morgan fingerprint density at radius 3 is 2.68 bits per heavy atom. The Bertz CT molecular complexity index is 559. The second kappa shape index (κ2) is 6.83. The van der Waals surface area contributed by atoms with Crippen molar-refractivity contribution in [2.45, 2.75) is 44.6 Å². The maximum atomic E-state index is 12.5. The van der Waals surface area contributed by atoms with E-state index in [1.165, 1.54) is 25.7 Å². The van der Waals surface area contributed by atoms with Crippen LogP contribution in [0.3, 0.4) is 0 Å². The first-order chi connectivity index (χ1) is 10.8. The third kappa shape index (κ3) is 3.24. The minimum atomic E-state index is 0.0924. The summed E-state index contributed by atoms with van der Waals surface area (Å²) in [5.41, 5.74) is 0.597. The molecule has 0 spiro atoms. The number of piperidine rings is 1. The topological polar surface area (TPSA) is 53.3 Å². The van der Waals surface area contributed by atoms with Crippen molar-refractivity contribution in [1.29, 1.82) is 5.26 Å². The molecule has 22 heavy (non-hydrogen) atoms. The number of rotatable bonds is 3. The van der Waals surface area contributed by atoms with Crippen molar-refractivity contribution in [3.63, 3.8) is 0 Å². The van der Waals surface area contributed by atoms with Gasteiger partial charge in [-0.15, -0.1) is 0 Å². The van der Waals surface area contributed by atoms with Gasteiger partial charge in [0.1, 0.15) is 5.75 Å². The van der Waals surface area contributed by atoms with E-state index in [2.05, 4.69) is 11.0 Å². The number of fused-ring (bicyclic) bond motifs is 1. The highest BCUT2D eigenvalue weighted by Gasteiger charge is 2.35. The van der Waals surface area contributed by atoms with E-state index >= 15 is 0 Å². The molecule has 1 aromatic rings. The minimum Gasteiger partial charge on any atom is -0.484 e. The van der Waals surface area contributed by atoms with Gasteiger partial charge in [0, 0.05) is 12.6 Å². The first-order valence-corrected chi connectivity index (χ1v) is 8.20. The van der Waals surface area contributed by atoms with E-state index in [0.29, 0.717) is 23.3 Å². The van der Waals surface area contributed by atoms with Crippen molar-refractivity contribution in [2.24, 2.45) is 5.92 Å². The highest BCUT2D eigenvalue weighted by atomic mass is 16.5. The van der Waals surface area contributed by atoms with Gasteiger partial charge in [-0.3, -0.25) is 4.79 Å². The highest BCUT2D eigenvalue weighted by Crippen LogP contribution is 2.35. The van der Waals surface area contributed by atoms with Gasteiger partial charge in [0.15, 0.2) is 6.61 Å². The fraction of sp³-hybridized carbons (Fsp3) is 0.556. The molecule has 1 amide bonds. The van der Waals surface area contributed by atoms with Gasteiger partial charge in [0.2, 0.25) is 0 Å². The van der Waals surface area contributed by atoms with Crippen LogP contribution in [0.2, 0.25) is 0 Å². The average molecular weight is 298 g/mol. The van der Waals surface area contributed by atoms with E-state index < -0.39 is 0 Å². The van der Waals surface area contributed by atoms with Crippen molar-refractivity contribution < 1.29 is 9.53 Å². The Kier molecular flexibility index (Phi) is 4.62. The summed E-state index contributed by atoms with van der Waals surface area (Å²) in [5.74, 6) is 1.44. The van der Waals surface area contributed by atoms with Crippen molar-refractivity contribution in [1.82, 2.24) is 4.90 Å². The number of amides is 1. The summed E-state index contributed by atoms with van der Waals surface area (Å²) in [6.07, 6.45) is 7.35. The van der Waals surface area contributed by atoms with E-state index in [0.717, 1.165) is 19.4 Å². The zero-order valence-corrected chi connectivity index (χ0v) is 12.8. The van der Waals surface area contributed by atoms with Crippen LogP contribution in [-0.2, 0) is 4.79 Å². The second-order valence-corrected chi connectivity index (χ2v) is 6.27. The van der Waals surface area contributed by atoms with Crippen molar-refractivity contribution in [3.8, 4) is 11.8 Å². The van der Waals surface area contributed by atoms with Crippen LogP contribution in [-0.4, -0.2) is 30.0 Å². The number of ether oxygens (including phenoxy) is 1. The number of nitriles is 1. The number of benzene rings is 1. The summed E-state index contributed by atoms with van der Waals surface area (Å²) >= 11 is 0. The average Bonchev–Trinajstić information content (AvgIpc) is 2.59. The zero-order valence-electron chi connectivity index (χ0n) is 12.8. The molecular weight excluding hydrogens is 276 g/mol. The number of hydrogen-bond donors (Lipinski definition) is 0. The summed E-state index contributed by atoms with van der Waals surface area (Å²) in [6, 6.07) is 9.40. The summed E-state index contributed by atoms with van der Waals surface area (Å²) in [5, 5.41) is 8.78. The maximum absolute atomic E-state index is 12.5. The molecule has 0 bridgehead atoms. The summed E-state index contributed by atoms with van der Waals surface area (Å²) in [4.78, 5) is 14.6. The molecule has 1 aliphatic carbocycles. The van der Waals surface area contributed by atoms with Crippen LogP contribution < -0.4 is 4.74 Å². The molecule has 0 unspecified atom stereocenters. The van der Waals surface area contributed by atoms with Gasteiger partial charge in [-0.2, -0.15) is 5.26 Å². The van der Waals surface area contributed by atoms with Crippen LogP contribution in [0.25, 0.3) is 0 Å². The van der Waals surface area contributed by atoms with Gasteiger partial charge in [-0.05, 0) is 55.9 Å². The predicted octanol–water partition coefficient (Wildman–Crippen LogP) is 3.12. The number of hydrogen-bond acceptors (Lipinski definition) is 3. The molecule has 4 nitrogen and oxygen atoms in total. The van der Waals surface area contributed by atoms with Crippen LogP contribution in [0, 0.1) is 17.2 Å². The van der Waals surface area contributed by atoms with Gasteiger partial charge in [0.25, 0.3) is 5.91 Å². The first-order valence-electron chi connectivity index (χ1n) is 8.20. The van der Waals surface area contributed by atoms with E-state index in [1.807, 2.05) is 0 Å². The molecule has 116 valence electrons. The smallest absolute Gasteiger partial charge is 0.260 e. The predicted molar refractivity (Wildman–Crippen MR) is 83.3 cm³/mol. The van der Waals surface area contributed by atoms with Crippen molar-refractivity contribution >= 4 is 5.91 Å². The van der Waals surface area contributed by atoms with E-state index in [9.17, 15) is 4.79 Å². The van der Waals surface area contributed by atoms with Crippen molar-refractivity contribution in [2.75, 3.05) is 13.2 Å². The summed E-state index contributed by atoms with van der Waals surface area (Å²) in [6.45, 7) is 0.964. The number of likely N-dealkylation sites (tertiary alicyclic amines) is 1. The molecule has 4 heteroatoms. The van der Waals surface area contributed by atoms with Gasteiger partial charge in [-0.1, -0.05) is 12.8 Å². The Morgan fingerprint density at radius 2 is 1.91 bits per heavy atom. The van der Waals surface area contributed by atoms with Crippen LogP contribution in [0.15, 0.2) is 24.3 Å². The third-order valence-corrected chi connectivity index (χ3v) is 4.91. The molecule has 2 fully saturated rings. The minimum absolute atomic E-state index is 0.0924. The molecule has 0 radical (unpaired) electrons. The summed E-state index contributed by atoms with van der Waals surface area (Å²) in [7, 11) is 0. The number of carbonyl (C=O) groups excluding carboxylic acids is 1. The molecule has 0 aromatic heterocycles. The maximum Gasteiger partial charge on any atom is 0.260 e. The molecule has 1 aliphatic heterocycles. The fourth-order valence-corrected chi connectivity index (χ4v) is 3.79. The van der Waals surface area contributed by atoms with Crippen LogP contribution in [0.5, 0.6) is 5.75 Å². The Balaban J connectivity index is 1.57. The first kappa shape index (κ1) is 14.9. The van der Waals surface area contributed by atoms with Gasteiger partial charge in [0.05, 0.1) is 11.6 Å². The molecular formula is C18H22N2O2. The SMILES string of the molecule is N#Cc1ccc(OCC(=O)N2CCC[C@@H]3CCCC[C@@H]32)cc1.